The maximum absolute atomic E-state index is 12.9. The van der Waals surface area contributed by atoms with E-state index in [1.54, 1.807) is 45.0 Å². The van der Waals surface area contributed by atoms with Crippen molar-refractivity contribution in [1.29, 1.82) is 0 Å². The Morgan fingerprint density at radius 3 is 2.47 bits per heavy atom. The molecule has 2 heterocycles. The normalized spacial score (nSPS) is 12.9. The van der Waals surface area contributed by atoms with Crippen LogP contribution < -0.4 is 5.32 Å². The third-order valence-corrected chi connectivity index (χ3v) is 5.95. The second-order valence-corrected chi connectivity index (χ2v) is 9.73. The SMILES string of the molecule is COC(=O)[C@H](Cc1cc2cnn(S(=O)(=O)c3ccccc3)c2cn1)NC(=O)OC(C)(C)C. The molecule has 0 unspecified atom stereocenters. The second-order valence-electron chi connectivity index (χ2n) is 7.97. The molecule has 11 heteroatoms. The molecule has 0 fully saturated rings. The quantitative estimate of drug-likeness (QED) is 0.555. The highest BCUT2D eigenvalue weighted by atomic mass is 32.2. The maximum atomic E-state index is 12.9. The first-order valence-corrected chi connectivity index (χ1v) is 11.2. The first-order valence-electron chi connectivity index (χ1n) is 9.72. The number of alkyl carbamates (subject to hydrolysis) is 1. The highest BCUT2D eigenvalue weighted by molar-refractivity contribution is 7.90. The summed E-state index contributed by atoms with van der Waals surface area (Å²) in [4.78, 5) is 28.6. The zero-order chi connectivity index (χ0) is 23.5. The minimum absolute atomic E-state index is 0.0124. The van der Waals surface area contributed by atoms with Crippen molar-refractivity contribution in [2.75, 3.05) is 7.11 Å². The topological polar surface area (TPSA) is 129 Å². The largest absolute Gasteiger partial charge is 0.467 e. The van der Waals surface area contributed by atoms with Crippen LogP contribution in [0.25, 0.3) is 10.9 Å². The van der Waals surface area contributed by atoms with Crippen LogP contribution >= 0.6 is 0 Å². The Labute approximate surface area is 185 Å². The van der Waals surface area contributed by atoms with Crippen LogP contribution in [0.15, 0.2) is 53.7 Å². The summed E-state index contributed by atoms with van der Waals surface area (Å²) in [7, 11) is -2.68. The predicted octanol–water partition coefficient (Wildman–Crippen LogP) is 2.28. The molecule has 0 radical (unpaired) electrons. The molecule has 1 aromatic carbocycles. The molecule has 1 N–H and O–H groups in total. The smallest absolute Gasteiger partial charge is 0.408 e. The van der Waals surface area contributed by atoms with Crippen molar-refractivity contribution in [2.24, 2.45) is 0 Å². The summed E-state index contributed by atoms with van der Waals surface area (Å²) in [5.74, 6) is -0.667. The molecule has 32 heavy (non-hydrogen) atoms. The molecule has 3 aromatic rings. The molecular formula is C21H24N4O6S. The minimum atomic E-state index is -3.89. The molecule has 0 aliphatic carbocycles. The van der Waals surface area contributed by atoms with Crippen LogP contribution in [-0.4, -0.2) is 53.4 Å². The fraction of sp³-hybridized carbons (Fsp3) is 0.333. The minimum Gasteiger partial charge on any atom is -0.467 e. The summed E-state index contributed by atoms with van der Waals surface area (Å²) in [5, 5.41) is 7.00. The molecule has 0 aliphatic rings. The number of nitrogens with zero attached hydrogens (tertiary/aromatic N) is 3. The van der Waals surface area contributed by atoms with Crippen molar-refractivity contribution in [1.82, 2.24) is 19.5 Å². The van der Waals surface area contributed by atoms with E-state index in [1.165, 1.54) is 31.6 Å². The molecule has 0 saturated heterocycles. The lowest BCUT2D eigenvalue weighted by molar-refractivity contribution is -0.143. The molecular weight excluding hydrogens is 436 g/mol. The number of fused-ring (bicyclic) bond motifs is 1. The zero-order valence-corrected chi connectivity index (χ0v) is 18.9. The van der Waals surface area contributed by atoms with Crippen molar-refractivity contribution in [2.45, 2.75) is 43.7 Å². The van der Waals surface area contributed by atoms with Gasteiger partial charge in [-0.25, -0.2) is 9.59 Å². The number of esters is 1. The molecule has 0 bridgehead atoms. The van der Waals surface area contributed by atoms with Crippen molar-refractivity contribution in [3.8, 4) is 0 Å². The molecule has 0 aliphatic heterocycles. The third kappa shape index (κ3) is 5.22. The summed E-state index contributed by atoms with van der Waals surface area (Å²) < 4.78 is 36.6. The summed E-state index contributed by atoms with van der Waals surface area (Å²) in [6, 6.07) is 8.49. The Hall–Kier alpha value is -3.47. The number of aromatic nitrogens is 3. The number of carbonyl (C=O) groups excluding carboxylic acids is 2. The number of methoxy groups -OCH3 is 1. The summed E-state index contributed by atoms with van der Waals surface area (Å²) >= 11 is 0. The van der Waals surface area contributed by atoms with Gasteiger partial charge in [0.15, 0.2) is 0 Å². The number of hydrogen-bond donors (Lipinski definition) is 1. The average Bonchev–Trinajstić information content (AvgIpc) is 3.16. The predicted molar refractivity (Wildman–Crippen MR) is 115 cm³/mol. The van der Waals surface area contributed by atoms with Gasteiger partial charge in [0.05, 0.1) is 24.4 Å². The van der Waals surface area contributed by atoms with Crippen LogP contribution in [-0.2, 0) is 30.7 Å². The number of amides is 1. The van der Waals surface area contributed by atoms with Crippen molar-refractivity contribution < 1.29 is 27.5 Å². The van der Waals surface area contributed by atoms with Crippen LogP contribution in [0.1, 0.15) is 26.5 Å². The van der Waals surface area contributed by atoms with Gasteiger partial charge in [0.2, 0.25) is 0 Å². The first-order chi connectivity index (χ1) is 15.0. The van der Waals surface area contributed by atoms with E-state index in [1.807, 2.05) is 0 Å². The lowest BCUT2D eigenvalue weighted by Crippen LogP contribution is -2.45. The van der Waals surface area contributed by atoms with Gasteiger partial charge in [0.25, 0.3) is 10.0 Å². The Balaban J connectivity index is 1.86. The molecule has 10 nitrogen and oxygen atoms in total. The van der Waals surface area contributed by atoms with Gasteiger partial charge in [0.1, 0.15) is 17.2 Å². The van der Waals surface area contributed by atoms with Gasteiger partial charge in [-0.15, -0.1) is 0 Å². The van der Waals surface area contributed by atoms with E-state index in [-0.39, 0.29) is 16.8 Å². The maximum Gasteiger partial charge on any atom is 0.408 e. The van der Waals surface area contributed by atoms with Crippen LogP contribution in [0.4, 0.5) is 4.79 Å². The van der Waals surface area contributed by atoms with Gasteiger partial charge in [-0.05, 0) is 39.0 Å². The summed E-state index contributed by atoms with van der Waals surface area (Å²) in [5.41, 5.74) is -0.0197. The molecule has 1 atom stereocenters. The molecule has 170 valence electrons. The Morgan fingerprint density at radius 1 is 1.16 bits per heavy atom. The van der Waals surface area contributed by atoms with Gasteiger partial charge in [-0.1, -0.05) is 18.2 Å². The van der Waals surface area contributed by atoms with Crippen LogP contribution in [0.3, 0.4) is 0 Å². The van der Waals surface area contributed by atoms with Gasteiger partial charge in [-0.3, -0.25) is 4.98 Å². The third-order valence-electron chi connectivity index (χ3n) is 4.34. The summed E-state index contributed by atoms with van der Waals surface area (Å²) in [6.45, 7) is 5.11. The van der Waals surface area contributed by atoms with Crippen molar-refractivity contribution >= 4 is 33.0 Å². The van der Waals surface area contributed by atoms with Crippen molar-refractivity contribution in [3.63, 3.8) is 0 Å². The molecule has 0 saturated carbocycles. The van der Waals surface area contributed by atoms with Crippen LogP contribution in [0, 0.1) is 0 Å². The first kappa shape index (κ1) is 23.2. The second kappa shape index (κ2) is 8.95. The van der Waals surface area contributed by atoms with Gasteiger partial charge in [0, 0.05) is 17.5 Å². The van der Waals surface area contributed by atoms with E-state index in [0.29, 0.717) is 11.1 Å². The summed E-state index contributed by atoms with van der Waals surface area (Å²) in [6.07, 6.45) is 2.00. The Kier molecular flexibility index (Phi) is 6.49. The Morgan fingerprint density at radius 2 is 1.84 bits per heavy atom. The van der Waals surface area contributed by atoms with E-state index in [4.69, 9.17) is 9.47 Å². The number of ether oxygens (including phenoxy) is 2. The molecule has 1 amide bonds. The lowest BCUT2D eigenvalue weighted by Gasteiger charge is -2.22. The lowest BCUT2D eigenvalue weighted by atomic mass is 10.1. The highest BCUT2D eigenvalue weighted by Crippen LogP contribution is 2.20. The number of carbonyl (C=O) groups is 2. The molecule has 3 rings (SSSR count). The van der Waals surface area contributed by atoms with Crippen LogP contribution in [0.5, 0.6) is 0 Å². The monoisotopic (exact) mass is 460 g/mol. The molecule has 2 aromatic heterocycles. The molecule has 0 spiro atoms. The van der Waals surface area contributed by atoms with E-state index in [2.05, 4.69) is 15.4 Å². The van der Waals surface area contributed by atoms with Crippen LogP contribution in [0.2, 0.25) is 0 Å². The van der Waals surface area contributed by atoms with E-state index >= 15 is 0 Å². The van der Waals surface area contributed by atoms with Gasteiger partial charge in [-0.2, -0.15) is 17.6 Å². The fourth-order valence-electron chi connectivity index (χ4n) is 2.94. The Bertz CT molecular complexity index is 1230. The number of nitrogens with one attached hydrogen (secondary N) is 1. The van der Waals surface area contributed by atoms with Gasteiger partial charge < -0.3 is 14.8 Å². The number of hydrogen-bond acceptors (Lipinski definition) is 8. The average molecular weight is 461 g/mol. The number of pyridine rings is 1. The van der Waals surface area contributed by atoms with E-state index in [9.17, 15) is 18.0 Å². The number of benzene rings is 1. The van der Waals surface area contributed by atoms with E-state index in [0.717, 1.165) is 4.09 Å². The highest BCUT2D eigenvalue weighted by Gasteiger charge is 2.26. The van der Waals surface area contributed by atoms with Gasteiger partial charge >= 0.3 is 12.1 Å². The van der Waals surface area contributed by atoms with E-state index < -0.39 is 33.7 Å². The standard InChI is InChI=1S/C21H24N4O6S/c1-21(2,3)31-20(27)24-17(19(26)30-4)11-15-10-14-12-23-25(18(14)13-22-15)32(28,29)16-8-6-5-7-9-16/h5-10,12-13,17H,11H2,1-4H3,(H,24,27)/t17-/m0/s1. The zero-order valence-electron chi connectivity index (χ0n) is 18.1. The fourth-order valence-corrected chi connectivity index (χ4v) is 4.22. The number of rotatable bonds is 6. The van der Waals surface area contributed by atoms with Crippen molar-refractivity contribution in [3.05, 3.63) is 54.5 Å².